The lowest BCUT2D eigenvalue weighted by atomic mass is 10.1. The highest BCUT2D eigenvalue weighted by atomic mass is 19.0. The van der Waals surface area contributed by atoms with E-state index < -0.39 is 0 Å². The number of halogens is 1. The van der Waals surface area contributed by atoms with Crippen LogP contribution in [0.4, 0.5) is 0 Å². The lowest BCUT2D eigenvalue weighted by molar-refractivity contribution is -0.929. The van der Waals surface area contributed by atoms with Crippen LogP contribution in [0, 0.1) is 0 Å². The summed E-state index contributed by atoms with van der Waals surface area (Å²) in [6.45, 7) is 15.0. The van der Waals surface area contributed by atoms with Gasteiger partial charge in [-0.1, -0.05) is 149 Å². The molecule has 0 fully saturated rings. The fraction of sp³-hybridized carbons (Fsp3) is 0.421. The quantitative estimate of drug-likeness (QED) is 0.0687. The van der Waals surface area contributed by atoms with E-state index in [4.69, 9.17) is 10.4 Å². The van der Waals surface area contributed by atoms with Crippen molar-refractivity contribution in [3.63, 3.8) is 0 Å². The standard InChI is InChI=1S/C16H36N.2C11H9NO.FH/c1-5-9-13-17(14-10-6-2,15-11-7-3)16-12-8-4;2*13-12-8-10-6-3-5-9-4-1-2-7-11(9)10;/h5-16H2,1-4H3;2*1-8,13H;1H/q+1;;;/p-1/b;2*12-8+;. The fourth-order valence-corrected chi connectivity index (χ4v) is 5.50. The van der Waals surface area contributed by atoms with E-state index in [0.29, 0.717) is 0 Å². The summed E-state index contributed by atoms with van der Waals surface area (Å²) in [6.07, 6.45) is 14.0. The summed E-state index contributed by atoms with van der Waals surface area (Å²) in [4.78, 5) is 0. The summed E-state index contributed by atoms with van der Waals surface area (Å²) in [6, 6.07) is 27.8. The molecule has 4 aromatic carbocycles. The van der Waals surface area contributed by atoms with Gasteiger partial charge in [0.15, 0.2) is 0 Å². The number of quaternary nitrogens is 1. The van der Waals surface area contributed by atoms with Crippen molar-refractivity contribution in [1.29, 1.82) is 0 Å². The van der Waals surface area contributed by atoms with Crippen molar-refractivity contribution in [2.75, 3.05) is 26.2 Å². The Morgan fingerprint density at radius 2 is 0.818 bits per heavy atom. The second kappa shape index (κ2) is 22.7. The Hall–Kier alpha value is -3.77. The van der Waals surface area contributed by atoms with E-state index in [9.17, 15) is 0 Å². The number of hydrogen-bond acceptors (Lipinski definition) is 4. The molecule has 240 valence electrons. The van der Waals surface area contributed by atoms with Crippen LogP contribution in [0.3, 0.4) is 0 Å². The highest BCUT2D eigenvalue weighted by molar-refractivity contribution is 6.00. The first-order valence-electron chi connectivity index (χ1n) is 16.2. The molecule has 0 atom stereocenters. The van der Waals surface area contributed by atoms with E-state index in [1.807, 2.05) is 84.9 Å². The number of rotatable bonds is 14. The molecule has 0 aliphatic carbocycles. The van der Waals surface area contributed by atoms with Gasteiger partial charge in [0.2, 0.25) is 0 Å². The van der Waals surface area contributed by atoms with Crippen LogP contribution >= 0.6 is 0 Å². The first kappa shape index (κ1) is 38.3. The van der Waals surface area contributed by atoms with Crippen molar-refractivity contribution in [2.24, 2.45) is 10.3 Å². The van der Waals surface area contributed by atoms with Crippen molar-refractivity contribution >= 4 is 34.0 Å². The molecule has 6 heteroatoms. The second-order valence-electron chi connectivity index (χ2n) is 11.3. The Morgan fingerprint density at radius 3 is 1.14 bits per heavy atom. The van der Waals surface area contributed by atoms with Crippen LogP contribution in [-0.2, 0) is 0 Å². The van der Waals surface area contributed by atoms with Gasteiger partial charge < -0.3 is 19.6 Å². The van der Waals surface area contributed by atoms with Gasteiger partial charge in [0.25, 0.3) is 0 Å². The van der Waals surface area contributed by atoms with Crippen LogP contribution in [0.25, 0.3) is 21.5 Å². The molecule has 2 N–H and O–H groups in total. The number of benzene rings is 4. The second-order valence-corrected chi connectivity index (χ2v) is 11.3. The lowest BCUT2D eigenvalue weighted by Crippen LogP contribution is -3.00. The van der Waals surface area contributed by atoms with Crippen molar-refractivity contribution in [2.45, 2.75) is 79.1 Å². The molecule has 4 rings (SSSR count). The van der Waals surface area contributed by atoms with Crippen LogP contribution in [0.2, 0.25) is 0 Å². The molecule has 0 amide bonds. The summed E-state index contributed by atoms with van der Waals surface area (Å²) in [5.74, 6) is 0. The van der Waals surface area contributed by atoms with Crippen LogP contribution in [0.5, 0.6) is 0 Å². The molecule has 0 aromatic heterocycles. The van der Waals surface area contributed by atoms with Crippen LogP contribution in [-0.4, -0.2) is 53.5 Å². The predicted octanol–water partition coefficient (Wildman–Crippen LogP) is 7.30. The fourth-order valence-electron chi connectivity index (χ4n) is 5.50. The Morgan fingerprint density at radius 1 is 0.500 bits per heavy atom. The molecule has 0 radical (unpaired) electrons. The van der Waals surface area contributed by atoms with Crippen molar-refractivity contribution in [1.82, 2.24) is 0 Å². The van der Waals surface area contributed by atoms with Gasteiger partial charge in [-0.25, -0.2) is 0 Å². The summed E-state index contributed by atoms with van der Waals surface area (Å²) >= 11 is 0. The van der Waals surface area contributed by atoms with Gasteiger partial charge in [0.1, 0.15) is 0 Å². The third-order valence-electron chi connectivity index (χ3n) is 7.98. The van der Waals surface area contributed by atoms with E-state index in [1.54, 1.807) is 0 Å². The number of fused-ring (bicyclic) bond motifs is 2. The highest BCUT2D eigenvalue weighted by Gasteiger charge is 2.24. The molecule has 0 unspecified atom stereocenters. The minimum Gasteiger partial charge on any atom is -1.00 e. The molecule has 0 heterocycles. The normalized spacial score (nSPS) is 11.2. The molecule has 44 heavy (non-hydrogen) atoms. The van der Waals surface area contributed by atoms with E-state index >= 15 is 0 Å². The van der Waals surface area contributed by atoms with E-state index in [-0.39, 0.29) is 4.70 Å². The van der Waals surface area contributed by atoms with Gasteiger partial charge in [-0.05, 0) is 47.2 Å². The third kappa shape index (κ3) is 12.8. The molecule has 5 nitrogen and oxygen atoms in total. The SMILES string of the molecule is CCCC[N+](CCCC)(CCCC)CCCC.O/N=C/c1cccc2ccccc12.O/N=C/c1cccc2ccccc12.[F-]. The Kier molecular flexibility index (Phi) is 19.8. The summed E-state index contributed by atoms with van der Waals surface area (Å²) in [5.41, 5.74) is 1.86. The van der Waals surface area contributed by atoms with E-state index in [1.165, 1.54) is 94.5 Å². The van der Waals surface area contributed by atoms with Crippen molar-refractivity contribution in [3.8, 4) is 0 Å². The topological polar surface area (TPSA) is 65.2 Å². The zero-order valence-electron chi connectivity index (χ0n) is 27.3. The molecule has 0 saturated carbocycles. The van der Waals surface area contributed by atoms with Gasteiger partial charge in [-0.3, -0.25) is 0 Å². The van der Waals surface area contributed by atoms with Gasteiger partial charge in [0.05, 0.1) is 38.6 Å². The van der Waals surface area contributed by atoms with Crippen molar-refractivity contribution in [3.05, 3.63) is 96.1 Å². The van der Waals surface area contributed by atoms with E-state index in [2.05, 4.69) is 38.0 Å². The molecule has 0 saturated heterocycles. The maximum Gasteiger partial charge on any atom is 0.0786 e. The molecule has 4 aromatic rings. The summed E-state index contributed by atoms with van der Waals surface area (Å²) < 4.78 is 1.42. The van der Waals surface area contributed by atoms with Crippen molar-refractivity contribution < 1.29 is 19.6 Å². The molecule has 0 spiro atoms. The largest absolute Gasteiger partial charge is 1.00 e. The Balaban J connectivity index is 0.000000329. The lowest BCUT2D eigenvalue weighted by Gasteiger charge is -2.39. The molecule has 0 bridgehead atoms. The summed E-state index contributed by atoms with van der Waals surface area (Å²) in [5, 5.41) is 27.5. The molecular weight excluding hydrogens is 549 g/mol. The smallest absolute Gasteiger partial charge is 0.0786 e. The number of nitrogens with zero attached hydrogens (tertiary/aromatic N) is 3. The van der Waals surface area contributed by atoms with Gasteiger partial charge in [-0.15, -0.1) is 0 Å². The maximum atomic E-state index is 8.45. The minimum atomic E-state index is 0. The highest BCUT2D eigenvalue weighted by Crippen LogP contribution is 2.18. The Labute approximate surface area is 264 Å². The van der Waals surface area contributed by atoms with Crippen LogP contribution in [0.1, 0.15) is 90.2 Å². The molecule has 0 aliphatic heterocycles. The van der Waals surface area contributed by atoms with Gasteiger partial charge >= 0.3 is 0 Å². The average Bonchev–Trinajstić information content (AvgIpc) is 3.05. The zero-order valence-corrected chi connectivity index (χ0v) is 27.3. The Bertz CT molecular complexity index is 1240. The molecule has 0 aliphatic rings. The first-order valence-corrected chi connectivity index (χ1v) is 16.2. The number of oxime groups is 2. The third-order valence-corrected chi connectivity index (χ3v) is 7.98. The first-order chi connectivity index (χ1) is 21.1. The minimum absolute atomic E-state index is 0. The number of hydrogen-bond donors (Lipinski definition) is 2. The van der Waals surface area contributed by atoms with Crippen LogP contribution < -0.4 is 4.70 Å². The molecular formula is C38H54FN3O2. The monoisotopic (exact) mass is 603 g/mol. The zero-order chi connectivity index (χ0) is 31.2. The maximum absolute atomic E-state index is 8.45. The number of unbranched alkanes of at least 4 members (excludes halogenated alkanes) is 4. The van der Waals surface area contributed by atoms with Crippen LogP contribution in [0.15, 0.2) is 95.2 Å². The predicted molar refractivity (Wildman–Crippen MR) is 186 cm³/mol. The van der Waals surface area contributed by atoms with Gasteiger partial charge in [0, 0.05) is 11.1 Å². The van der Waals surface area contributed by atoms with Gasteiger partial charge in [-0.2, -0.15) is 0 Å². The average molecular weight is 604 g/mol. The summed E-state index contributed by atoms with van der Waals surface area (Å²) in [7, 11) is 0. The van der Waals surface area contributed by atoms with E-state index in [0.717, 1.165) is 32.7 Å².